The van der Waals surface area contributed by atoms with Crippen LogP contribution in [-0.2, 0) is 0 Å². The van der Waals surface area contributed by atoms with Gasteiger partial charge in [0.2, 0.25) is 11.8 Å². The summed E-state index contributed by atoms with van der Waals surface area (Å²) < 4.78 is 24.3. The normalized spacial score (nSPS) is 15.6. The Bertz CT molecular complexity index is 849. The van der Waals surface area contributed by atoms with Crippen LogP contribution in [0.5, 0.6) is 11.6 Å². The molecule has 0 aliphatic carbocycles. The van der Waals surface area contributed by atoms with Crippen molar-refractivity contribution in [3.63, 3.8) is 0 Å². The molecule has 0 saturated carbocycles. The van der Waals surface area contributed by atoms with E-state index in [9.17, 15) is 4.39 Å². The van der Waals surface area contributed by atoms with Crippen LogP contribution in [0.3, 0.4) is 0 Å². The second-order valence-electron chi connectivity index (χ2n) is 6.43. The van der Waals surface area contributed by atoms with Crippen molar-refractivity contribution in [2.24, 2.45) is 0 Å². The van der Waals surface area contributed by atoms with E-state index in [0.29, 0.717) is 24.1 Å². The molecule has 6 nitrogen and oxygen atoms in total. The van der Waals surface area contributed by atoms with Crippen LogP contribution >= 0.6 is 0 Å². The quantitative estimate of drug-likeness (QED) is 0.673. The summed E-state index contributed by atoms with van der Waals surface area (Å²) in [7, 11) is 0. The lowest BCUT2D eigenvalue weighted by Crippen LogP contribution is -2.31. The van der Waals surface area contributed by atoms with E-state index in [-0.39, 0.29) is 11.9 Å². The van der Waals surface area contributed by atoms with Gasteiger partial charge in [-0.1, -0.05) is 0 Å². The molecule has 1 atom stereocenters. The Morgan fingerprint density at radius 2 is 1.96 bits per heavy atom. The molecule has 1 unspecified atom stereocenters. The van der Waals surface area contributed by atoms with E-state index in [1.165, 1.54) is 25.0 Å². The molecule has 1 aliphatic heterocycles. The molecule has 1 aromatic carbocycles. The van der Waals surface area contributed by atoms with E-state index >= 15 is 0 Å². The number of hydrogen-bond acceptors (Lipinski definition) is 6. The average Bonchev–Trinajstić information content (AvgIpc) is 3.39. The third-order valence-corrected chi connectivity index (χ3v) is 4.57. The molecule has 2 aromatic heterocycles. The number of anilines is 1. The lowest BCUT2D eigenvalue weighted by molar-refractivity contribution is 0.225. The molecular weight excluding hydrogens is 347 g/mol. The highest BCUT2D eigenvalue weighted by Gasteiger charge is 2.25. The van der Waals surface area contributed by atoms with Gasteiger partial charge >= 0.3 is 0 Å². The first-order valence-corrected chi connectivity index (χ1v) is 9.06. The number of aromatic nitrogens is 2. The molecule has 4 rings (SSSR count). The molecule has 7 heteroatoms. The fourth-order valence-electron chi connectivity index (χ4n) is 3.24. The second-order valence-corrected chi connectivity index (χ2v) is 6.43. The molecule has 1 saturated heterocycles. The Balaban J connectivity index is 1.43. The summed E-state index contributed by atoms with van der Waals surface area (Å²) in [6.45, 7) is 2.75. The van der Waals surface area contributed by atoms with Gasteiger partial charge in [0, 0.05) is 18.8 Å². The van der Waals surface area contributed by atoms with Gasteiger partial charge in [-0.2, -0.15) is 4.98 Å². The van der Waals surface area contributed by atoms with Crippen molar-refractivity contribution in [1.82, 2.24) is 14.9 Å². The Labute approximate surface area is 157 Å². The minimum absolute atomic E-state index is 0.132. The van der Waals surface area contributed by atoms with Gasteiger partial charge in [-0.25, -0.2) is 9.37 Å². The minimum Gasteiger partial charge on any atom is -0.468 e. The zero-order valence-corrected chi connectivity index (χ0v) is 14.8. The summed E-state index contributed by atoms with van der Waals surface area (Å²) in [5.74, 6) is 2.02. The van der Waals surface area contributed by atoms with Crippen LogP contribution in [0.15, 0.2) is 59.3 Å². The highest BCUT2D eigenvalue weighted by Crippen LogP contribution is 2.26. The van der Waals surface area contributed by atoms with Crippen molar-refractivity contribution in [2.75, 3.05) is 25.0 Å². The van der Waals surface area contributed by atoms with E-state index < -0.39 is 0 Å². The molecule has 3 aromatic rings. The Morgan fingerprint density at radius 3 is 2.70 bits per heavy atom. The first kappa shape index (κ1) is 17.5. The Hall–Kier alpha value is -2.93. The number of rotatable bonds is 7. The molecule has 140 valence electrons. The number of halogens is 1. The second kappa shape index (κ2) is 8.18. The zero-order valence-electron chi connectivity index (χ0n) is 14.8. The van der Waals surface area contributed by atoms with Gasteiger partial charge in [-0.15, -0.1) is 0 Å². The number of benzene rings is 1. The Morgan fingerprint density at radius 1 is 1.15 bits per heavy atom. The van der Waals surface area contributed by atoms with Crippen LogP contribution in [-0.4, -0.2) is 34.5 Å². The minimum atomic E-state index is -0.307. The van der Waals surface area contributed by atoms with Crippen molar-refractivity contribution in [2.45, 2.75) is 18.9 Å². The zero-order chi connectivity index (χ0) is 18.5. The molecule has 27 heavy (non-hydrogen) atoms. The molecular formula is C20H21FN4O2. The molecule has 0 amide bonds. The van der Waals surface area contributed by atoms with Crippen LogP contribution in [0, 0.1) is 5.82 Å². The smallest absolute Gasteiger partial charge is 0.226 e. The largest absolute Gasteiger partial charge is 0.468 e. The van der Waals surface area contributed by atoms with E-state index in [1.54, 1.807) is 30.7 Å². The molecule has 1 aliphatic rings. The third-order valence-electron chi connectivity index (χ3n) is 4.57. The summed E-state index contributed by atoms with van der Waals surface area (Å²) in [5.41, 5.74) is 0. The molecule has 0 radical (unpaired) electrons. The van der Waals surface area contributed by atoms with Crippen molar-refractivity contribution < 1.29 is 13.5 Å². The highest BCUT2D eigenvalue weighted by atomic mass is 19.1. The topological polar surface area (TPSA) is 63.4 Å². The van der Waals surface area contributed by atoms with E-state index in [1.807, 2.05) is 12.1 Å². The Kier molecular flexibility index (Phi) is 5.29. The molecule has 1 fully saturated rings. The SMILES string of the molecule is Fc1ccc(Oc2ccnc(NCC(c3ccco3)N3CCCC3)n2)cc1. The number of hydrogen-bond donors (Lipinski definition) is 1. The summed E-state index contributed by atoms with van der Waals surface area (Å²) in [6.07, 6.45) is 5.74. The van der Waals surface area contributed by atoms with E-state index in [4.69, 9.17) is 9.15 Å². The van der Waals surface area contributed by atoms with Crippen LogP contribution in [0.25, 0.3) is 0 Å². The predicted molar refractivity (Wildman–Crippen MR) is 99.3 cm³/mol. The molecule has 0 bridgehead atoms. The molecule has 0 spiro atoms. The summed E-state index contributed by atoms with van der Waals surface area (Å²) in [4.78, 5) is 11.1. The average molecular weight is 368 g/mol. The van der Waals surface area contributed by atoms with Gasteiger partial charge in [0.05, 0.1) is 12.3 Å². The van der Waals surface area contributed by atoms with Gasteiger partial charge in [0.1, 0.15) is 17.3 Å². The third kappa shape index (κ3) is 4.43. The van der Waals surface area contributed by atoms with Gasteiger partial charge in [0.25, 0.3) is 0 Å². The molecule has 3 heterocycles. The summed E-state index contributed by atoms with van der Waals surface area (Å²) in [6, 6.07) is 11.5. The fraction of sp³-hybridized carbons (Fsp3) is 0.300. The lowest BCUT2D eigenvalue weighted by Gasteiger charge is -2.26. The maximum atomic E-state index is 13.0. The summed E-state index contributed by atoms with van der Waals surface area (Å²) >= 11 is 0. The number of furan rings is 1. The van der Waals surface area contributed by atoms with Gasteiger partial charge in [-0.3, -0.25) is 4.90 Å². The summed E-state index contributed by atoms with van der Waals surface area (Å²) in [5, 5.41) is 3.28. The van der Waals surface area contributed by atoms with E-state index in [2.05, 4.69) is 20.2 Å². The van der Waals surface area contributed by atoms with Crippen LogP contribution in [0.4, 0.5) is 10.3 Å². The standard InChI is InChI=1S/C20H21FN4O2/c21-15-5-7-16(8-6-15)27-19-9-10-22-20(24-19)23-14-17(18-4-3-13-26-18)25-11-1-2-12-25/h3-10,13,17H,1-2,11-12,14H2,(H,22,23,24). The number of nitrogens with one attached hydrogen (secondary N) is 1. The monoisotopic (exact) mass is 368 g/mol. The molecule has 1 N–H and O–H groups in total. The van der Waals surface area contributed by atoms with E-state index in [0.717, 1.165) is 18.8 Å². The van der Waals surface area contributed by atoms with Crippen molar-refractivity contribution >= 4 is 5.95 Å². The van der Waals surface area contributed by atoms with Crippen molar-refractivity contribution in [1.29, 1.82) is 0 Å². The highest BCUT2D eigenvalue weighted by molar-refractivity contribution is 5.32. The van der Waals surface area contributed by atoms with Gasteiger partial charge < -0.3 is 14.5 Å². The van der Waals surface area contributed by atoms with Crippen molar-refractivity contribution in [3.8, 4) is 11.6 Å². The lowest BCUT2D eigenvalue weighted by atomic mass is 10.2. The van der Waals surface area contributed by atoms with Gasteiger partial charge in [0.15, 0.2) is 0 Å². The number of ether oxygens (including phenoxy) is 1. The maximum Gasteiger partial charge on any atom is 0.226 e. The number of nitrogens with zero attached hydrogens (tertiary/aromatic N) is 3. The van der Waals surface area contributed by atoms with Crippen LogP contribution < -0.4 is 10.1 Å². The predicted octanol–water partition coefficient (Wildman–Crippen LogP) is 4.25. The fourth-order valence-corrected chi connectivity index (χ4v) is 3.24. The van der Waals surface area contributed by atoms with Crippen molar-refractivity contribution in [3.05, 3.63) is 66.5 Å². The maximum absolute atomic E-state index is 13.0. The first-order valence-electron chi connectivity index (χ1n) is 9.06. The van der Waals surface area contributed by atoms with Crippen LogP contribution in [0.1, 0.15) is 24.6 Å². The van der Waals surface area contributed by atoms with Crippen LogP contribution in [0.2, 0.25) is 0 Å². The van der Waals surface area contributed by atoms with Gasteiger partial charge in [-0.05, 0) is 62.3 Å². The number of likely N-dealkylation sites (tertiary alicyclic amines) is 1. The first-order chi connectivity index (χ1) is 13.3.